The van der Waals surface area contributed by atoms with Gasteiger partial charge < -0.3 is 9.84 Å². The fourth-order valence-electron chi connectivity index (χ4n) is 1.22. The van der Waals surface area contributed by atoms with E-state index in [1.54, 1.807) is 12.1 Å². The van der Waals surface area contributed by atoms with E-state index in [1.165, 1.54) is 19.2 Å². The molecule has 1 aromatic rings. The molecule has 0 amide bonds. The van der Waals surface area contributed by atoms with Crippen LogP contribution in [0.1, 0.15) is 5.56 Å². The highest BCUT2D eigenvalue weighted by Gasteiger charge is 2.25. The van der Waals surface area contributed by atoms with Gasteiger partial charge in [0.2, 0.25) is 0 Å². The average molecular weight is 264 g/mol. The van der Waals surface area contributed by atoms with Crippen molar-refractivity contribution in [1.82, 2.24) is 3.94 Å². The summed E-state index contributed by atoms with van der Waals surface area (Å²) in [6.07, 6.45) is 0.306. The topological polar surface area (TPSA) is 49.8 Å². The Labute approximate surface area is 104 Å². The van der Waals surface area contributed by atoms with Crippen molar-refractivity contribution in [2.45, 2.75) is 12.5 Å². The first-order valence-corrected chi connectivity index (χ1v) is 5.18. The number of hydrogen-bond donors (Lipinski definition) is 1. The summed E-state index contributed by atoms with van der Waals surface area (Å²) in [5.74, 6) is -0.356. The number of ether oxygens (including phenoxy) is 1. The van der Waals surface area contributed by atoms with Crippen LogP contribution >= 0.6 is 23.6 Å². The van der Waals surface area contributed by atoms with Gasteiger partial charge in [0.15, 0.2) is 0 Å². The molecule has 1 aromatic carbocycles. The summed E-state index contributed by atoms with van der Waals surface area (Å²) in [5, 5.41) is 9.10. The zero-order chi connectivity index (χ0) is 12.1. The number of rotatable bonds is 4. The van der Waals surface area contributed by atoms with Crippen LogP contribution in [0.4, 0.5) is 0 Å². The smallest absolute Gasteiger partial charge is 0.326 e. The van der Waals surface area contributed by atoms with Crippen molar-refractivity contribution in [2.24, 2.45) is 0 Å². The van der Waals surface area contributed by atoms with Gasteiger partial charge in [0, 0.05) is 6.42 Å². The Kier molecular flexibility index (Phi) is 4.86. The molecule has 0 aliphatic carbocycles. The van der Waals surface area contributed by atoms with Crippen LogP contribution in [-0.2, 0) is 16.0 Å². The average Bonchev–Trinajstić information content (AvgIpc) is 2.27. The SMILES string of the molecule is COC(=O)C(Cc1ccc(O)cc1)N(Cl)Cl. The van der Waals surface area contributed by atoms with E-state index in [-0.39, 0.29) is 5.75 Å². The Morgan fingerprint density at radius 3 is 2.44 bits per heavy atom. The molecular weight excluding hydrogens is 253 g/mol. The molecule has 0 bridgehead atoms. The van der Waals surface area contributed by atoms with Gasteiger partial charge >= 0.3 is 5.97 Å². The maximum atomic E-state index is 11.3. The first kappa shape index (κ1) is 13.1. The van der Waals surface area contributed by atoms with Gasteiger partial charge in [0.1, 0.15) is 11.8 Å². The lowest BCUT2D eigenvalue weighted by Crippen LogP contribution is -2.32. The van der Waals surface area contributed by atoms with Crippen LogP contribution in [0.5, 0.6) is 5.75 Å². The van der Waals surface area contributed by atoms with Crippen LogP contribution in [0.2, 0.25) is 0 Å². The highest BCUT2D eigenvalue weighted by Crippen LogP contribution is 2.17. The highest BCUT2D eigenvalue weighted by molar-refractivity contribution is 6.34. The first-order chi connectivity index (χ1) is 7.54. The van der Waals surface area contributed by atoms with E-state index >= 15 is 0 Å². The molecule has 1 rings (SSSR count). The van der Waals surface area contributed by atoms with Crippen LogP contribution in [0.15, 0.2) is 24.3 Å². The number of carbonyl (C=O) groups excluding carboxylic acids is 1. The number of benzene rings is 1. The molecule has 0 fully saturated rings. The third kappa shape index (κ3) is 3.56. The number of hydrogen-bond acceptors (Lipinski definition) is 4. The van der Waals surface area contributed by atoms with Gasteiger partial charge in [-0.15, -0.1) is 3.94 Å². The molecule has 4 nitrogen and oxygen atoms in total. The van der Waals surface area contributed by atoms with Crippen LogP contribution in [-0.4, -0.2) is 28.2 Å². The summed E-state index contributed by atoms with van der Waals surface area (Å²) in [7, 11) is 1.27. The summed E-state index contributed by atoms with van der Waals surface area (Å²) in [6, 6.07) is 5.65. The van der Waals surface area contributed by atoms with Gasteiger partial charge in [-0.1, -0.05) is 12.1 Å². The molecular formula is C10H11Cl2NO3. The number of halogens is 2. The van der Waals surface area contributed by atoms with Crippen molar-refractivity contribution < 1.29 is 14.6 Å². The maximum Gasteiger partial charge on any atom is 0.326 e. The molecule has 0 spiro atoms. The zero-order valence-electron chi connectivity index (χ0n) is 8.56. The summed E-state index contributed by atoms with van der Waals surface area (Å²) < 4.78 is 5.33. The standard InChI is InChI=1S/C10H11Cl2NO3/c1-16-10(15)9(13(11)12)6-7-2-4-8(14)5-3-7/h2-5,9,14H,6H2,1H3. The van der Waals surface area contributed by atoms with Gasteiger partial charge in [-0.3, -0.25) is 4.79 Å². The Bertz CT molecular complexity index is 354. The largest absolute Gasteiger partial charge is 0.508 e. The minimum absolute atomic E-state index is 0.159. The molecule has 1 N–H and O–H groups in total. The molecule has 6 heteroatoms. The second-order valence-electron chi connectivity index (χ2n) is 3.17. The Hall–Kier alpha value is -0.970. The fourth-order valence-corrected chi connectivity index (χ4v) is 1.52. The lowest BCUT2D eigenvalue weighted by Gasteiger charge is -2.16. The predicted octanol–water partition coefficient (Wildman–Crippen LogP) is 2.09. The summed E-state index contributed by atoms with van der Waals surface area (Å²) in [6.45, 7) is 0. The van der Waals surface area contributed by atoms with Crippen LogP contribution in [0.25, 0.3) is 0 Å². The lowest BCUT2D eigenvalue weighted by atomic mass is 10.1. The van der Waals surface area contributed by atoms with E-state index in [9.17, 15) is 4.79 Å². The number of aromatic hydroxyl groups is 1. The molecule has 0 saturated heterocycles. The zero-order valence-corrected chi connectivity index (χ0v) is 10.1. The van der Waals surface area contributed by atoms with Crippen molar-refractivity contribution in [1.29, 1.82) is 0 Å². The first-order valence-electron chi connectivity index (χ1n) is 4.51. The van der Waals surface area contributed by atoms with Crippen LogP contribution in [0, 0.1) is 0 Å². The number of nitrogens with zero attached hydrogens (tertiary/aromatic N) is 1. The molecule has 1 unspecified atom stereocenters. The molecule has 88 valence electrons. The number of phenols is 1. The number of phenolic OH excluding ortho intramolecular Hbond substituents is 1. The van der Waals surface area contributed by atoms with E-state index in [1.807, 2.05) is 0 Å². The number of carbonyl (C=O) groups is 1. The van der Waals surface area contributed by atoms with Gasteiger partial charge in [-0.25, -0.2) is 0 Å². The molecule has 0 radical (unpaired) electrons. The normalized spacial score (nSPS) is 12.5. The van der Waals surface area contributed by atoms with Gasteiger partial charge in [-0.2, -0.15) is 0 Å². The number of methoxy groups -OCH3 is 1. The third-order valence-corrected chi connectivity index (χ3v) is 2.55. The second kappa shape index (κ2) is 5.94. The van der Waals surface area contributed by atoms with Crippen LogP contribution < -0.4 is 0 Å². The second-order valence-corrected chi connectivity index (χ2v) is 4.07. The van der Waals surface area contributed by atoms with Crippen molar-refractivity contribution >= 4 is 29.5 Å². The highest BCUT2D eigenvalue weighted by atomic mass is 35.5. The monoisotopic (exact) mass is 263 g/mol. The quantitative estimate of drug-likeness (QED) is 0.668. The Morgan fingerprint density at radius 2 is 2.00 bits per heavy atom. The summed E-state index contributed by atoms with van der Waals surface area (Å²) >= 11 is 11.1. The van der Waals surface area contributed by atoms with Crippen molar-refractivity contribution in [2.75, 3.05) is 7.11 Å². The van der Waals surface area contributed by atoms with Crippen molar-refractivity contribution in [3.05, 3.63) is 29.8 Å². The summed E-state index contributed by atoms with van der Waals surface area (Å²) in [5.41, 5.74) is 0.819. The molecule has 16 heavy (non-hydrogen) atoms. The van der Waals surface area contributed by atoms with E-state index in [2.05, 4.69) is 4.74 Å². The molecule has 0 aromatic heterocycles. The van der Waals surface area contributed by atoms with Crippen molar-refractivity contribution in [3.63, 3.8) is 0 Å². The molecule has 1 atom stereocenters. The minimum Gasteiger partial charge on any atom is -0.508 e. The molecule has 0 aliphatic heterocycles. The van der Waals surface area contributed by atoms with Gasteiger partial charge in [-0.05, 0) is 41.2 Å². The molecule has 0 aliphatic rings. The third-order valence-electron chi connectivity index (χ3n) is 2.07. The maximum absolute atomic E-state index is 11.3. The Balaban J connectivity index is 2.75. The predicted molar refractivity (Wildman–Crippen MR) is 61.2 cm³/mol. The lowest BCUT2D eigenvalue weighted by molar-refractivity contribution is -0.143. The van der Waals surface area contributed by atoms with E-state index in [4.69, 9.17) is 28.7 Å². The van der Waals surface area contributed by atoms with E-state index < -0.39 is 12.0 Å². The molecule has 0 heterocycles. The van der Waals surface area contributed by atoms with Gasteiger partial charge in [0.05, 0.1) is 7.11 Å². The molecule has 0 saturated carbocycles. The Morgan fingerprint density at radius 1 is 1.44 bits per heavy atom. The van der Waals surface area contributed by atoms with E-state index in [0.717, 1.165) is 9.50 Å². The number of esters is 1. The fraction of sp³-hybridized carbons (Fsp3) is 0.300. The van der Waals surface area contributed by atoms with Crippen molar-refractivity contribution in [3.8, 4) is 5.75 Å². The minimum atomic E-state index is -0.766. The summed E-state index contributed by atoms with van der Waals surface area (Å²) in [4.78, 5) is 11.3. The van der Waals surface area contributed by atoms with Gasteiger partial charge in [0.25, 0.3) is 0 Å². The van der Waals surface area contributed by atoms with E-state index in [0.29, 0.717) is 6.42 Å². The van der Waals surface area contributed by atoms with Crippen LogP contribution in [0.3, 0.4) is 0 Å².